The second-order valence-corrected chi connectivity index (χ2v) is 6.90. The number of aromatic nitrogens is 2. The molecule has 144 valence electrons. The summed E-state index contributed by atoms with van der Waals surface area (Å²) in [5.41, 5.74) is 3.06. The number of guanidine groups is 1. The average molecular weight is 378 g/mol. The maximum absolute atomic E-state index is 9.31. The third-order valence-electron chi connectivity index (χ3n) is 5.19. The lowest BCUT2D eigenvalue weighted by atomic mass is 10.1. The van der Waals surface area contributed by atoms with E-state index in [2.05, 4.69) is 31.8 Å². The average Bonchev–Trinajstić information content (AvgIpc) is 3.13. The number of methoxy groups -OCH3 is 1. The second kappa shape index (κ2) is 6.81. The molecule has 0 fully saturated rings. The maximum Gasteiger partial charge on any atom is 0.216 e. The number of hydrogen-bond acceptors (Lipinski definition) is 7. The lowest BCUT2D eigenvalue weighted by molar-refractivity contribution is 0.195. The minimum absolute atomic E-state index is 0.106. The molecule has 0 saturated carbocycles. The minimum Gasteiger partial charge on any atom is -0.497 e. The Bertz CT molecular complexity index is 1050. The first-order chi connectivity index (χ1) is 13.8. The van der Waals surface area contributed by atoms with Crippen LogP contribution in [0, 0.1) is 0 Å². The number of imidazole rings is 1. The molecule has 3 aromatic rings. The summed E-state index contributed by atoms with van der Waals surface area (Å²) in [5, 5.41) is 12.9. The number of hydrogen-bond donors (Lipinski definition) is 2. The molecule has 2 aromatic carbocycles. The molecule has 0 spiro atoms. The topological polar surface area (TPSA) is 78.2 Å². The van der Waals surface area contributed by atoms with Gasteiger partial charge < -0.3 is 15.2 Å². The van der Waals surface area contributed by atoms with Crippen molar-refractivity contribution in [1.82, 2.24) is 19.8 Å². The molecule has 2 N–H and O–H groups in total. The van der Waals surface area contributed by atoms with Gasteiger partial charge in [0.25, 0.3) is 0 Å². The number of β-amino-alcohol motifs (C(OH)–C–C–N with tert-alkyl or cyclic N) is 1. The molecule has 28 heavy (non-hydrogen) atoms. The van der Waals surface area contributed by atoms with E-state index in [1.807, 2.05) is 36.4 Å². The van der Waals surface area contributed by atoms with E-state index in [9.17, 15) is 5.11 Å². The van der Waals surface area contributed by atoms with Gasteiger partial charge >= 0.3 is 0 Å². The van der Waals surface area contributed by atoms with Crippen molar-refractivity contribution in [3.05, 3.63) is 54.1 Å². The molecular weight excluding hydrogens is 356 g/mol. The number of benzene rings is 2. The second-order valence-electron chi connectivity index (χ2n) is 6.90. The van der Waals surface area contributed by atoms with Gasteiger partial charge in [-0.2, -0.15) is 0 Å². The van der Waals surface area contributed by atoms with Crippen LogP contribution in [0.3, 0.4) is 0 Å². The van der Waals surface area contributed by atoms with Crippen molar-refractivity contribution < 1.29 is 9.84 Å². The van der Waals surface area contributed by atoms with Crippen molar-refractivity contribution in [2.45, 2.75) is 6.17 Å². The standard InChI is InChI=1S/C20H22N6O2/c1-28-15-6-4-5-14(11-15)18-23-19-21-12-24(9-10-27)13-25(19)20-22-16-7-2-3-8-17(16)26(18)20/h2-8,11,18,27H,9-10,12-13H2,1H3,(H,21,23)/t18-/m1/s1. The van der Waals surface area contributed by atoms with E-state index in [1.165, 1.54) is 0 Å². The van der Waals surface area contributed by atoms with Crippen LogP contribution in [0.2, 0.25) is 0 Å². The van der Waals surface area contributed by atoms with Gasteiger partial charge in [0, 0.05) is 6.54 Å². The Morgan fingerprint density at radius 3 is 2.96 bits per heavy atom. The Morgan fingerprint density at radius 2 is 2.11 bits per heavy atom. The number of aliphatic imine (C=N–C) groups is 1. The monoisotopic (exact) mass is 378 g/mol. The van der Waals surface area contributed by atoms with Crippen molar-refractivity contribution in [1.29, 1.82) is 0 Å². The molecule has 5 rings (SSSR count). The lowest BCUT2D eigenvalue weighted by Gasteiger charge is -2.41. The first-order valence-corrected chi connectivity index (χ1v) is 9.31. The smallest absolute Gasteiger partial charge is 0.216 e. The summed E-state index contributed by atoms with van der Waals surface area (Å²) in [6.07, 6.45) is -0.142. The van der Waals surface area contributed by atoms with Crippen LogP contribution in [-0.4, -0.2) is 59.1 Å². The molecule has 1 aromatic heterocycles. The molecule has 0 unspecified atom stereocenters. The molecule has 3 heterocycles. The summed E-state index contributed by atoms with van der Waals surface area (Å²) >= 11 is 0. The van der Waals surface area contributed by atoms with Gasteiger partial charge in [-0.25, -0.2) is 9.98 Å². The molecular formula is C20H22N6O2. The van der Waals surface area contributed by atoms with Crippen LogP contribution in [0.15, 0.2) is 53.5 Å². The molecule has 8 heteroatoms. The van der Waals surface area contributed by atoms with Crippen LogP contribution in [-0.2, 0) is 0 Å². The van der Waals surface area contributed by atoms with Gasteiger partial charge in [-0.05, 0) is 29.8 Å². The van der Waals surface area contributed by atoms with Gasteiger partial charge in [-0.1, -0.05) is 24.3 Å². The maximum atomic E-state index is 9.31. The van der Waals surface area contributed by atoms with Crippen molar-refractivity contribution in [2.24, 2.45) is 4.99 Å². The van der Waals surface area contributed by atoms with Crippen molar-refractivity contribution >= 4 is 22.9 Å². The summed E-state index contributed by atoms with van der Waals surface area (Å²) in [6, 6.07) is 16.2. The molecule has 2 aliphatic heterocycles. The third kappa shape index (κ3) is 2.69. The summed E-state index contributed by atoms with van der Waals surface area (Å²) < 4.78 is 7.63. The van der Waals surface area contributed by atoms with Crippen LogP contribution in [0.4, 0.5) is 5.95 Å². The summed E-state index contributed by atoms with van der Waals surface area (Å²) in [4.78, 5) is 13.7. The fourth-order valence-corrected chi connectivity index (χ4v) is 3.84. The fraction of sp³-hybridized carbons (Fsp3) is 0.300. The SMILES string of the molecule is COc1cccc([C@@H]2NC3=NCN(CCO)CN3c3nc4ccccc4n32)c1. The minimum atomic E-state index is -0.142. The van der Waals surface area contributed by atoms with Crippen molar-refractivity contribution in [3.63, 3.8) is 0 Å². The van der Waals surface area contributed by atoms with Gasteiger partial charge in [0.2, 0.25) is 11.9 Å². The predicted molar refractivity (Wildman–Crippen MR) is 107 cm³/mol. The first-order valence-electron chi connectivity index (χ1n) is 9.31. The summed E-state index contributed by atoms with van der Waals surface area (Å²) in [7, 11) is 1.67. The number of fused-ring (bicyclic) bond motifs is 5. The highest BCUT2D eigenvalue weighted by atomic mass is 16.5. The zero-order valence-corrected chi connectivity index (χ0v) is 15.6. The van der Waals surface area contributed by atoms with Crippen LogP contribution in [0.5, 0.6) is 5.75 Å². The fourth-order valence-electron chi connectivity index (χ4n) is 3.84. The Balaban J connectivity index is 1.66. The van der Waals surface area contributed by atoms with Crippen LogP contribution < -0.4 is 15.0 Å². The van der Waals surface area contributed by atoms with Gasteiger partial charge in [-0.3, -0.25) is 14.4 Å². The Hall–Kier alpha value is -3.10. The van der Waals surface area contributed by atoms with E-state index in [-0.39, 0.29) is 12.8 Å². The third-order valence-corrected chi connectivity index (χ3v) is 5.19. The lowest BCUT2D eigenvalue weighted by Crippen LogP contribution is -2.57. The Morgan fingerprint density at radius 1 is 1.21 bits per heavy atom. The van der Waals surface area contributed by atoms with E-state index >= 15 is 0 Å². The highest BCUT2D eigenvalue weighted by Gasteiger charge is 2.35. The molecule has 1 atom stereocenters. The number of nitrogens with zero attached hydrogens (tertiary/aromatic N) is 5. The van der Waals surface area contributed by atoms with Gasteiger partial charge in [0.1, 0.15) is 11.9 Å². The molecule has 0 radical (unpaired) electrons. The van der Waals surface area contributed by atoms with E-state index in [0.29, 0.717) is 19.9 Å². The van der Waals surface area contributed by atoms with Gasteiger partial charge in [0.15, 0.2) is 0 Å². The molecule has 8 nitrogen and oxygen atoms in total. The quantitative estimate of drug-likeness (QED) is 0.718. The zero-order chi connectivity index (χ0) is 19.1. The highest BCUT2D eigenvalue weighted by molar-refractivity contribution is 5.98. The summed E-state index contributed by atoms with van der Waals surface area (Å²) in [6.45, 7) is 1.85. The highest BCUT2D eigenvalue weighted by Crippen LogP contribution is 2.34. The van der Waals surface area contributed by atoms with Crippen LogP contribution >= 0.6 is 0 Å². The van der Waals surface area contributed by atoms with E-state index in [0.717, 1.165) is 34.3 Å². The molecule has 0 amide bonds. The molecule has 0 saturated heterocycles. The van der Waals surface area contributed by atoms with Gasteiger partial charge in [-0.15, -0.1) is 0 Å². The molecule has 0 bridgehead atoms. The van der Waals surface area contributed by atoms with Crippen molar-refractivity contribution in [3.8, 4) is 5.75 Å². The number of ether oxygens (including phenoxy) is 1. The number of aliphatic hydroxyl groups is 1. The number of aliphatic hydroxyl groups excluding tert-OH is 1. The van der Waals surface area contributed by atoms with Crippen LogP contribution in [0.1, 0.15) is 11.7 Å². The number of rotatable bonds is 4. The number of nitrogens with one attached hydrogen (secondary N) is 1. The molecule has 0 aliphatic carbocycles. The predicted octanol–water partition coefficient (Wildman–Crippen LogP) is 1.58. The summed E-state index contributed by atoms with van der Waals surface area (Å²) in [5.74, 6) is 2.45. The van der Waals surface area contributed by atoms with Gasteiger partial charge in [0.05, 0.1) is 38.1 Å². The number of anilines is 1. The number of para-hydroxylation sites is 2. The van der Waals surface area contributed by atoms with Crippen LogP contribution in [0.25, 0.3) is 11.0 Å². The zero-order valence-electron chi connectivity index (χ0n) is 15.6. The van der Waals surface area contributed by atoms with E-state index in [4.69, 9.17) is 14.7 Å². The molecule has 2 aliphatic rings. The Kier molecular flexibility index (Phi) is 4.14. The Labute approximate surface area is 162 Å². The van der Waals surface area contributed by atoms with Crippen molar-refractivity contribution in [2.75, 3.05) is 38.5 Å². The largest absolute Gasteiger partial charge is 0.497 e. The van der Waals surface area contributed by atoms with E-state index < -0.39 is 0 Å². The first kappa shape index (κ1) is 17.0. The normalized spacial score (nSPS) is 19.0. The van der Waals surface area contributed by atoms with E-state index in [1.54, 1.807) is 7.11 Å².